The number of rotatable bonds is 6. The van der Waals surface area contributed by atoms with Gasteiger partial charge in [-0.3, -0.25) is 4.79 Å². The van der Waals surface area contributed by atoms with Crippen molar-refractivity contribution in [3.8, 4) is 5.75 Å². The summed E-state index contributed by atoms with van der Waals surface area (Å²) in [6, 6.07) is 15.5. The second-order valence-corrected chi connectivity index (χ2v) is 10.2. The topological polar surface area (TPSA) is 75.7 Å². The van der Waals surface area contributed by atoms with Crippen LogP contribution in [0.25, 0.3) is 0 Å². The van der Waals surface area contributed by atoms with E-state index in [2.05, 4.69) is 5.32 Å². The number of amides is 1. The van der Waals surface area contributed by atoms with Gasteiger partial charge in [0, 0.05) is 17.8 Å². The van der Waals surface area contributed by atoms with Crippen LogP contribution in [0.5, 0.6) is 5.75 Å². The molecule has 2 heterocycles. The summed E-state index contributed by atoms with van der Waals surface area (Å²) in [4.78, 5) is 13.4. The average Bonchev–Trinajstić information content (AvgIpc) is 3.04. The van der Waals surface area contributed by atoms with E-state index in [-0.39, 0.29) is 30.0 Å². The number of ether oxygens (including phenoxy) is 1. The van der Waals surface area contributed by atoms with E-state index in [4.69, 9.17) is 4.74 Å². The van der Waals surface area contributed by atoms with Crippen LogP contribution in [0.1, 0.15) is 39.5 Å². The SMILES string of the molecule is CC(C)Oc1ccc(NC(=O)[C@@H]2CC[C@@H]3CC[C@H]2N3S(=O)(=O)c2ccccc2)cc1. The molecule has 1 amide bonds. The monoisotopic (exact) mass is 428 g/mol. The first kappa shape index (κ1) is 20.9. The fourth-order valence-electron chi connectivity index (χ4n) is 4.62. The molecular formula is C23H28N2O4S. The number of hydrogen-bond acceptors (Lipinski definition) is 4. The number of anilines is 1. The molecule has 0 spiro atoms. The summed E-state index contributed by atoms with van der Waals surface area (Å²) in [5, 5.41) is 2.97. The fourth-order valence-corrected chi connectivity index (χ4v) is 6.58. The third kappa shape index (κ3) is 4.09. The molecule has 2 aromatic rings. The van der Waals surface area contributed by atoms with E-state index < -0.39 is 10.0 Å². The molecule has 2 fully saturated rings. The Morgan fingerprint density at radius 2 is 1.67 bits per heavy atom. The normalized spacial score (nSPS) is 24.0. The zero-order chi connectivity index (χ0) is 21.3. The summed E-state index contributed by atoms with van der Waals surface area (Å²) in [5.74, 6) is 0.277. The predicted octanol–water partition coefficient (Wildman–Crippen LogP) is 4.04. The Hall–Kier alpha value is -2.38. The van der Waals surface area contributed by atoms with Gasteiger partial charge in [-0.05, 0) is 75.9 Å². The fraction of sp³-hybridized carbons (Fsp3) is 0.435. The van der Waals surface area contributed by atoms with Gasteiger partial charge in [0.15, 0.2) is 0 Å². The van der Waals surface area contributed by atoms with Crippen molar-refractivity contribution in [2.24, 2.45) is 5.92 Å². The number of carbonyl (C=O) groups excluding carboxylic acids is 1. The largest absolute Gasteiger partial charge is 0.491 e. The highest BCUT2D eigenvalue weighted by Crippen LogP contribution is 2.43. The van der Waals surface area contributed by atoms with Crippen LogP contribution in [0.3, 0.4) is 0 Å². The summed E-state index contributed by atoms with van der Waals surface area (Å²) in [5.41, 5.74) is 0.689. The maximum Gasteiger partial charge on any atom is 0.243 e. The number of carbonyl (C=O) groups is 1. The first-order valence-electron chi connectivity index (χ1n) is 10.5. The molecule has 0 radical (unpaired) electrons. The maximum atomic E-state index is 13.3. The van der Waals surface area contributed by atoms with Crippen molar-refractivity contribution >= 4 is 21.6 Å². The van der Waals surface area contributed by atoms with Crippen molar-refractivity contribution in [2.75, 3.05) is 5.32 Å². The first-order valence-corrected chi connectivity index (χ1v) is 12.0. The van der Waals surface area contributed by atoms with Gasteiger partial charge in [0.1, 0.15) is 5.75 Å². The van der Waals surface area contributed by atoms with Crippen molar-refractivity contribution in [3.05, 3.63) is 54.6 Å². The van der Waals surface area contributed by atoms with Gasteiger partial charge in [0.2, 0.25) is 15.9 Å². The Morgan fingerprint density at radius 3 is 2.33 bits per heavy atom. The minimum absolute atomic E-state index is 0.0169. The molecule has 6 nitrogen and oxygen atoms in total. The molecule has 0 aliphatic carbocycles. The van der Waals surface area contributed by atoms with Crippen LogP contribution in [-0.4, -0.2) is 36.8 Å². The van der Waals surface area contributed by atoms with Crippen LogP contribution in [0.4, 0.5) is 5.69 Å². The Labute approximate surface area is 178 Å². The van der Waals surface area contributed by atoms with E-state index in [1.54, 1.807) is 34.6 Å². The van der Waals surface area contributed by atoms with Crippen LogP contribution in [0.2, 0.25) is 0 Å². The molecule has 2 aromatic carbocycles. The number of nitrogens with zero attached hydrogens (tertiary/aromatic N) is 1. The van der Waals surface area contributed by atoms with Crippen molar-refractivity contribution in [1.82, 2.24) is 4.31 Å². The lowest BCUT2D eigenvalue weighted by atomic mass is 9.91. The Kier molecular flexibility index (Phi) is 5.84. The predicted molar refractivity (Wildman–Crippen MR) is 116 cm³/mol. The Bertz CT molecular complexity index is 990. The summed E-state index contributed by atoms with van der Waals surface area (Å²) < 4.78 is 33.8. The molecule has 2 bridgehead atoms. The molecule has 7 heteroatoms. The molecule has 0 aromatic heterocycles. The molecule has 4 rings (SSSR count). The van der Waals surface area contributed by atoms with Crippen LogP contribution in [0, 0.1) is 5.92 Å². The minimum Gasteiger partial charge on any atom is -0.491 e. The molecule has 1 N–H and O–H groups in total. The third-order valence-electron chi connectivity index (χ3n) is 5.91. The van der Waals surface area contributed by atoms with E-state index in [1.165, 1.54) is 0 Å². The van der Waals surface area contributed by atoms with Crippen molar-refractivity contribution in [2.45, 2.75) is 62.6 Å². The van der Waals surface area contributed by atoms with Crippen LogP contribution in [-0.2, 0) is 14.8 Å². The lowest BCUT2D eigenvalue weighted by Crippen LogP contribution is -2.51. The van der Waals surface area contributed by atoms with E-state index in [9.17, 15) is 13.2 Å². The Morgan fingerprint density at radius 1 is 1.00 bits per heavy atom. The average molecular weight is 429 g/mol. The van der Waals surface area contributed by atoms with Gasteiger partial charge in [-0.15, -0.1) is 0 Å². The lowest BCUT2D eigenvalue weighted by molar-refractivity contribution is -0.122. The van der Waals surface area contributed by atoms with Gasteiger partial charge in [-0.2, -0.15) is 4.31 Å². The Balaban J connectivity index is 1.50. The van der Waals surface area contributed by atoms with Crippen LogP contribution < -0.4 is 10.1 Å². The van der Waals surface area contributed by atoms with E-state index in [0.29, 0.717) is 23.4 Å². The van der Waals surface area contributed by atoms with Gasteiger partial charge in [-0.25, -0.2) is 8.42 Å². The minimum atomic E-state index is -3.62. The molecule has 0 unspecified atom stereocenters. The lowest BCUT2D eigenvalue weighted by Gasteiger charge is -2.38. The summed E-state index contributed by atoms with van der Waals surface area (Å²) in [6.45, 7) is 3.92. The maximum absolute atomic E-state index is 13.3. The van der Waals surface area contributed by atoms with E-state index in [1.807, 2.05) is 38.1 Å². The van der Waals surface area contributed by atoms with Crippen LogP contribution >= 0.6 is 0 Å². The highest BCUT2D eigenvalue weighted by Gasteiger charge is 2.50. The molecule has 160 valence electrons. The molecule has 2 aliphatic rings. The zero-order valence-corrected chi connectivity index (χ0v) is 18.1. The van der Waals surface area contributed by atoms with Crippen molar-refractivity contribution in [3.63, 3.8) is 0 Å². The molecule has 3 atom stereocenters. The second kappa shape index (κ2) is 8.40. The van der Waals surface area contributed by atoms with Gasteiger partial charge in [0.05, 0.1) is 16.9 Å². The van der Waals surface area contributed by atoms with Crippen molar-refractivity contribution in [1.29, 1.82) is 0 Å². The number of hydrogen-bond donors (Lipinski definition) is 1. The molecule has 0 saturated carbocycles. The molecular weight excluding hydrogens is 400 g/mol. The van der Waals surface area contributed by atoms with Crippen molar-refractivity contribution < 1.29 is 17.9 Å². The first-order chi connectivity index (χ1) is 14.4. The highest BCUT2D eigenvalue weighted by molar-refractivity contribution is 7.89. The number of sulfonamides is 1. The molecule has 30 heavy (non-hydrogen) atoms. The third-order valence-corrected chi connectivity index (χ3v) is 7.90. The summed E-state index contributed by atoms with van der Waals surface area (Å²) in [7, 11) is -3.62. The van der Waals surface area contributed by atoms with Gasteiger partial charge >= 0.3 is 0 Å². The highest BCUT2D eigenvalue weighted by atomic mass is 32.2. The molecule has 2 saturated heterocycles. The zero-order valence-electron chi connectivity index (χ0n) is 17.3. The molecule has 2 aliphatic heterocycles. The quantitative estimate of drug-likeness (QED) is 0.753. The van der Waals surface area contributed by atoms with Gasteiger partial charge in [-0.1, -0.05) is 18.2 Å². The number of nitrogens with one attached hydrogen (secondary N) is 1. The number of benzene rings is 2. The number of piperidine rings is 1. The van der Waals surface area contributed by atoms with Crippen LogP contribution in [0.15, 0.2) is 59.5 Å². The summed E-state index contributed by atoms with van der Waals surface area (Å²) >= 11 is 0. The van der Waals surface area contributed by atoms with E-state index >= 15 is 0 Å². The second-order valence-electron chi connectivity index (χ2n) is 8.31. The number of fused-ring (bicyclic) bond motifs is 2. The van der Waals surface area contributed by atoms with Gasteiger partial charge < -0.3 is 10.1 Å². The van der Waals surface area contributed by atoms with E-state index in [0.717, 1.165) is 18.6 Å². The standard InChI is InChI=1S/C23H28N2O4S/c1-16(2)29-19-12-8-17(9-13-19)24-23(26)21-14-10-18-11-15-22(21)25(18)30(27,28)20-6-4-3-5-7-20/h3-9,12-13,16,18,21-22H,10-11,14-15H2,1-2H3,(H,24,26)/t18-,21-,22-/m1/s1. The van der Waals surface area contributed by atoms with Gasteiger partial charge in [0.25, 0.3) is 0 Å². The summed E-state index contributed by atoms with van der Waals surface area (Å²) in [6.07, 6.45) is 3.02. The smallest absolute Gasteiger partial charge is 0.243 e.